The van der Waals surface area contributed by atoms with Crippen LogP contribution in [0, 0.1) is 12.3 Å². The molecule has 1 heteroatoms. The van der Waals surface area contributed by atoms with Crippen LogP contribution in [-0.4, -0.2) is 6.04 Å². The van der Waals surface area contributed by atoms with E-state index in [2.05, 4.69) is 56.3 Å². The zero-order chi connectivity index (χ0) is 13.2. The molecule has 1 aliphatic carbocycles. The maximum absolute atomic E-state index is 5.38. The summed E-state index contributed by atoms with van der Waals surface area (Å²) >= 11 is 0. The van der Waals surface area contributed by atoms with Gasteiger partial charge in [-0.15, -0.1) is 12.3 Å². The molecule has 2 unspecified atom stereocenters. The average Bonchev–Trinajstić information content (AvgIpc) is 2.34. The van der Waals surface area contributed by atoms with Crippen molar-refractivity contribution in [1.29, 1.82) is 0 Å². The van der Waals surface area contributed by atoms with Crippen molar-refractivity contribution in [3.05, 3.63) is 35.4 Å². The Bertz CT molecular complexity index is 453. The van der Waals surface area contributed by atoms with E-state index in [1.807, 2.05) is 0 Å². The highest BCUT2D eigenvalue weighted by atomic mass is 14.9. The molecule has 0 fully saturated rings. The fourth-order valence-electron chi connectivity index (χ4n) is 2.96. The van der Waals surface area contributed by atoms with Gasteiger partial charge in [-0.2, -0.15) is 0 Å². The van der Waals surface area contributed by atoms with E-state index in [4.69, 9.17) is 6.42 Å². The highest BCUT2D eigenvalue weighted by Gasteiger charge is 2.32. The van der Waals surface area contributed by atoms with Gasteiger partial charge < -0.3 is 5.32 Å². The van der Waals surface area contributed by atoms with Crippen molar-refractivity contribution >= 4 is 0 Å². The van der Waals surface area contributed by atoms with Crippen molar-refractivity contribution in [2.45, 2.75) is 57.5 Å². The molecule has 2 rings (SSSR count). The van der Waals surface area contributed by atoms with Crippen LogP contribution in [0.1, 0.15) is 57.2 Å². The topological polar surface area (TPSA) is 12.0 Å². The normalized spacial score (nSPS) is 22.9. The Morgan fingerprint density at radius 2 is 2.17 bits per heavy atom. The molecule has 1 nitrogen and oxygen atoms in total. The summed E-state index contributed by atoms with van der Waals surface area (Å²) < 4.78 is 0. The van der Waals surface area contributed by atoms with E-state index in [0.29, 0.717) is 17.5 Å². The predicted octanol–water partition coefficient (Wildman–Crippen LogP) is 3.80. The van der Waals surface area contributed by atoms with Crippen molar-refractivity contribution in [1.82, 2.24) is 5.32 Å². The Labute approximate surface area is 111 Å². The molecule has 1 aliphatic rings. The van der Waals surface area contributed by atoms with Crippen LogP contribution in [0.4, 0.5) is 0 Å². The van der Waals surface area contributed by atoms with Crippen LogP contribution in [0.15, 0.2) is 24.3 Å². The first-order valence-electron chi connectivity index (χ1n) is 6.83. The molecule has 0 saturated heterocycles. The molecule has 0 aromatic heterocycles. The van der Waals surface area contributed by atoms with Gasteiger partial charge in [-0.25, -0.2) is 0 Å². The molecule has 0 aliphatic heterocycles. The summed E-state index contributed by atoms with van der Waals surface area (Å²) in [5.74, 6) is 2.73. The van der Waals surface area contributed by atoms with E-state index in [0.717, 1.165) is 6.42 Å². The Kier molecular flexibility index (Phi) is 3.78. The van der Waals surface area contributed by atoms with Gasteiger partial charge in [0.05, 0.1) is 0 Å². The van der Waals surface area contributed by atoms with Crippen LogP contribution in [0.25, 0.3) is 0 Å². The zero-order valence-electron chi connectivity index (χ0n) is 11.7. The van der Waals surface area contributed by atoms with Gasteiger partial charge in [0.25, 0.3) is 0 Å². The molecule has 0 spiro atoms. The monoisotopic (exact) mass is 241 g/mol. The van der Waals surface area contributed by atoms with Gasteiger partial charge in [0, 0.05) is 18.5 Å². The lowest BCUT2D eigenvalue weighted by Crippen LogP contribution is -2.36. The molecule has 0 saturated carbocycles. The molecule has 0 bridgehead atoms. The van der Waals surface area contributed by atoms with Crippen LogP contribution in [-0.2, 0) is 5.41 Å². The van der Waals surface area contributed by atoms with E-state index in [-0.39, 0.29) is 0 Å². The third-order valence-electron chi connectivity index (χ3n) is 4.03. The molecule has 0 radical (unpaired) electrons. The Morgan fingerprint density at radius 3 is 2.89 bits per heavy atom. The Morgan fingerprint density at radius 1 is 1.44 bits per heavy atom. The van der Waals surface area contributed by atoms with Gasteiger partial charge in [0.15, 0.2) is 0 Å². The molecular formula is C17H23N. The van der Waals surface area contributed by atoms with Crippen molar-refractivity contribution < 1.29 is 0 Å². The molecule has 2 atom stereocenters. The van der Waals surface area contributed by atoms with Gasteiger partial charge in [-0.3, -0.25) is 0 Å². The molecule has 0 heterocycles. The Hall–Kier alpha value is -1.26. The van der Waals surface area contributed by atoms with Crippen LogP contribution in [0.3, 0.4) is 0 Å². The van der Waals surface area contributed by atoms with Gasteiger partial charge in [0.1, 0.15) is 0 Å². The van der Waals surface area contributed by atoms with Crippen LogP contribution in [0.5, 0.6) is 0 Å². The lowest BCUT2D eigenvalue weighted by Gasteiger charge is -2.38. The summed E-state index contributed by atoms with van der Waals surface area (Å²) in [6, 6.07) is 9.66. The summed E-state index contributed by atoms with van der Waals surface area (Å²) in [6.07, 6.45) is 8.60. The number of benzene rings is 1. The summed E-state index contributed by atoms with van der Waals surface area (Å²) in [7, 11) is 0. The van der Waals surface area contributed by atoms with E-state index in [9.17, 15) is 0 Å². The number of hydrogen-bond donors (Lipinski definition) is 1. The Balaban J connectivity index is 2.23. The zero-order valence-corrected chi connectivity index (χ0v) is 11.7. The number of hydrogen-bond acceptors (Lipinski definition) is 1. The van der Waals surface area contributed by atoms with Crippen molar-refractivity contribution in [2.75, 3.05) is 0 Å². The second-order valence-corrected chi connectivity index (χ2v) is 6.04. The second kappa shape index (κ2) is 5.16. The van der Waals surface area contributed by atoms with Gasteiger partial charge >= 0.3 is 0 Å². The maximum Gasteiger partial charge on any atom is 0.0326 e. The largest absolute Gasteiger partial charge is 0.306 e. The lowest BCUT2D eigenvalue weighted by molar-refractivity contribution is 0.339. The third kappa shape index (κ3) is 2.60. The number of nitrogens with one attached hydrogen (secondary N) is 1. The van der Waals surface area contributed by atoms with E-state index in [1.165, 1.54) is 24.0 Å². The highest BCUT2D eigenvalue weighted by Crippen LogP contribution is 2.41. The van der Waals surface area contributed by atoms with Crippen LogP contribution >= 0.6 is 0 Å². The van der Waals surface area contributed by atoms with Crippen molar-refractivity contribution in [2.24, 2.45) is 0 Å². The van der Waals surface area contributed by atoms with E-state index >= 15 is 0 Å². The minimum Gasteiger partial charge on any atom is -0.306 e. The van der Waals surface area contributed by atoms with Crippen molar-refractivity contribution in [3.8, 4) is 12.3 Å². The highest BCUT2D eigenvalue weighted by molar-refractivity contribution is 5.38. The first kappa shape index (κ1) is 13.2. The van der Waals surface area contributed by atoms with Gasteiger partial charge in [-0.1, -0.05) is 38.1 Å². The molecular weight excluding hydrogens is 218 g/mol. The smallest absolute Gasteiger partial charge is 0.0326 e. The standard InChI is InChI=1S/C17H23N/c1-5-8-13(2)18-16-11-12-17(3,4)15-10-7-6-9-14(15)16/h1,6-7,9-10,13,16,18H,8,11-12H2,2-4H3. The van der Waals surface area contributed by atoms with Gasteiger partial charge in [-0.05, 0) is 36.3 Å². The minimum atomic E-state index is 0.296. The molecule has 96 valence electrons. The molecule has 1 N–H and O–H groups in total. The third-order valence-corrected chi connectivity index (χ3v) is 4.03. The predicted molar refractivity (Wildman–Crippen MR) is 77.5 cm³/mol. The molecule has 0 amide bonds. The first-order chi connectivity index (χ1) is 8.54. The average molecular weight is 241 g/mol. The molecule has 1 aromatic rings. The van der Waals surface area contributed by atoms with Crippen LogP contribution in [0.2, 0.25) is 0 Å². The maximum atomic E-state index is 5.38. The fraction of sp³-hybridized carbons (Fsp3) is 0.529. The second-order valence-electron chi connectivity index (χ2n) is 6.04. The fourth-order valence-corrected chi connectivity index (χ4v) is 2.96. The first-order valence-corrected chi connectivity index (χ1v) is 6.83. The van der Waals surface area contributed by atoms with Crippen molar-refractivity contribution in [3.63, 3.8) is 0 Å². The summed E-state index contributed by atoms with van der Waals surface area (Å²) in [5, 5.41) is 3.67. The summed E-state index contributed by atoms with van der Waals surface area (Å²) in [5.41, 5.74) is 3.24. The van der Waals surface area contributed by atoms with E-state index < -0.39 is 0 Å². The minimum absolute atomic E-state index is 0.296. The summed E-state index contributed by atoms with van der Waals surface area (Å²) in [6.45, 7) is 6.85. The van der Waals surface area contributed by atoms with Gasteiger partial charge in [0.2, 0.25) is 0 Å². The quantitative estimate of drug-likeness (QED) is 0.794. The van der Waals surface area contributed by atoms with E-state index in [1.54, 1.807) is 0 Å². The lowest BCUT2D eigenvalue weighted by atomic mass is 9.71. The SMILES string of the molecule is C#CCC(C)NC1CCC(C)(C)c2ccccc21. The number of terminal acetylenes is 1. The molecule has 1 aromatic carbocycles. The number of rotatable bonds is 3. The number of fused-ring (bicyclic) bond motifs is 1. The summed E-state index contributed by atoms with van der Waals surface area (Å²) in [4.78, 5) is 0. The molecule has 18 heavy (non-hydrogen) atoms. The van der Waals surface area contributed by atoms with Crippen LogP contribution < -0.4 is 5.32 Å².